The minimum atomic E-state index is -3.43. The van der Waals surface area contributed by atoms with Crippen LogP contribution in [0.15, 0.2) is 42.9 Å². The SMILES string of the molecule is CC(C)OC(=O)C(C)N[P@@](=S)(OC[C@H]1OC(n2cnc3cnc(N)nc32)[C@](C)(F)[C@@H]1O)Oc1ccccc1. The zero-order valence-electron chi connectivity index (χ0n) is 21.2. The third-order valence-corrected chi connectivity index (χ3v) is 8.24. The van der Waals surface area contributed by atoms with Gasteiger partial charge in [-0.25, -0.2) is 19.4 Å². The van der Waals surface area contributed by atoms with Crippen molar-refractivity contribution in [1.29, 1.82) is 0 Å². The summed E-state index contributed by atoms with van der Waals surface area (Å²) < 4.78 is 40.2. The molecule has 0 saturated carbocycles. The molecule has 3 aromatic rings. The quantitative estimate of drug-likeness (QED) is 0.243. The van der Waals surface area contributed by atoms with E-state index in [1.165, 1.54) is 24.0 Å². The number of fused-ring (bicyclic) bond motifs is 1. The van der Waals surface area contributed by atoms with Crippen molar-refractivity contribution in [3.05, 3.63) is 42.9 Å². The normalized spacial score (nSPS) is 25.8. The number of esters is 1. The second-order valence-electron chi connectivity index (χ2n) is 9.25. The number of halogens is 1. The summed E-state index contributed by atoms with van der Waals surface area (Å²) >= 11 is 5.68. The van der Waals surface area contributed by atoms with Gasteiger partial charge in [-0.3, -0.25) is 9.36 Å². The first-order valence-corrected chi connectivity index (χ1v) is 14.5. The van der Waals surface area contributed by atoms with Crippen LogP contribution in [-0.2, 0) is 30.6 Å². The van der Waals surface area contributed by atoms with E-state index in [4.69, 9.17) is 36.1 Å². The summed E-state index contributed by atoms with van der Waals surface area (Å²) in [5, 5.41) is 13.7. The molecular weight excluding hydrogens is 538 g/mol. The molecule has 1 aromatic carbocycles. The average molecular weight is 569 g/mol. The lowest BCUT2D eigenvalue weighted by Gasteiger charge is -2.28. The third-order valence-electron chi connectivity index (χ3n) is 5.74. The molecule has 3 heterocycles. The summed E-state index contributed by atoms with van der Waals surface area (Å²) in [5.74, 6) is -0.166. The highest BCUT2D eigenvalue weighted by molar-refractivity contribution is 8.09. The number of nitrogen functional groups attached to an aromatic ring is 1. The number of carbonyl (C=O) groups is 1. The van der Waals surface area contributed by atoms with Crippen LogP contribution in [0.5, 0.6) is 5.75 Å². The Kier molecular flexibility index (Phi) is 8.31. The largest absolute Gasteiger partial charge is 0.462 e. The highest BCUT2D eigenvalue weighted by Crippen LogP contribution is 2.48. The number of imidazole rings is 1. The number of aromatic nitrogens is 4. The first-order chi connectivity index (χ1) is 17.9. The van der Waals surface area contributed by atoms with Crippen LogP contribution >= 0.6 is 6.64 Å². The van der Waals surface area contributed by atoms with E-state index in [1.54, 1.807) is 51.1 Å². The maximum absolute atomic E-state index is 15.8. The van der Waals surface area contributed by atoms with Crippen molar-refractivity contribution in [2.45, 2.75) is 63.9 Å². The molecule has 0 bridgehead atoms. The number of ether oxygens (including phenoxy) is 2. The second kappa shape index (κ2) is 11.2. The zero-order chi connectivity index (χ0) is 27.7. The van der Waals surface area contributed by atoms with E-state index >= 15 is 4.39 Å². The fourth-order valence-electron chi connectivity index (χ4n) is 3.87. The first kappa shape index (κ1) is 28.3. The number of rotatable bonds is 10. The molecule has 0 aliphatic carbocycles. The summed E-state index contributed by atoms with van der Waals surface area (Å²) in [7, 11) is 0. The number of para-hydroxylation sites is 1. The molecule has 1 saturated heterocycles. The smallest absolute Gasteiger partial charge is 0.323 e. The number of aliphatic hydroxyl groups is 1. The summed E-state index contributed by atoms with van der Waals surface area (Å²) in [6, 6.07) is 7.78. The second-order valence-corrected chi connectivity index (χ2v) is 12.4. The van der Waals surface area contributed by atoms with Crippen molar-refractivity contribution in [3.8, 4) is 5.75 Å². The lowest BCUT2D eigenvalue weighted by atomic mass is 9.98. The van der Waals surface area contributed by atoms with Gasteiger partial charge >= 0.3 is 12.6 Å². The summed E-state index contributed by atoms with van der Waals surface area (Å²) in [6.07, 6.45) is -1.64. The summed E-state index contributed by atoms with van der Waals surface area (Å²) in [5.41, 5.74) is 4.06. The van der Waals surface area contributed by atoms with E-state index in [0.29, 0.717) is 11.3 Å². The molecule has 1 fully saturated rings. The highest BCUT2D eigenvalue weighted by atomic mass is 32.5. The minimum absolute atomic E-state index is 0.0202. The Morgan fingerprint density at radius 2 is 2.05 bits per heavy atom. The Morgan fingerprint density at radius 3 is 2.74 bits per heavy atom. The predicted molar refractivity (Wildman–Crippen MR) is 140 cm³/mol. The van der Waals surface area contributed by atoms with Gasteiger partial charge in [0.05, 0.1) is 25.2 Å². The summed E-state index contributed by atoms with van der Waals surface area (Å²) in [4.78, 5) is 24.6. The van der Waals surface area contributed by atoms with Gasteiger partial charge in [-0.1, -0.05) is 18.2 Å². The minimum Gasteiger partial charge on any atom is -0.462 e. The topological polar surface area (TPSA) is 156 Å². The maximum Gasteiger partial charge on any atom is 0.323 e. The van der Waals surface area contributed by atoms with Crippen LogP contribution in [0.3, 0.4) is 0 Å². The van der Waals surface area contributed by atoms with Gasteiger partial charge in [0.15, 0.2) is 17.5 Å². The molecule has 206 valence electrons. The van der Waals surface area contributed by atoms with Crippen molar-refractivity contribution in [3.63, 3.8) is 0 Å². The monoisotopic (exact) mass is 568 g/mol. The van der Waals surface area contributed by atoms with Gasteiger partial charge in [0.2, 0.25) is 5.95 Å². The molecule has 4 N–H and O–H groups in total. The van der Waals surface area contributed by atoms with Crippen LogP contribution in [0, 0.1) is 0 Å². The lowest BCUT2D eigenvalue weighted by molar-refractivity contribution is -0.149. The molecule has 2 unspecified atom stereocenters. The molecular formula is C23H30FN6O6PS. The molecule has 0 radical (unpaired) electrons. The van der Waals surface area contributed by atoms with Crippen molar-refractivity contribution in [2.24, 2.45) is 0 Å². The van der Waals surface area contributed by atoms with E-state index in [0.717, 1.165) is 0 Å². The van der Waals surface area contributed by atoms with Gasteiger partial charge in [0.1, 0.15) is 29.5 Å². The predicted octanol–water partition coefficient (Wildman–Crippen LogP) is 2.64. The standard InChI is InChI=1S/C23H30FN6O6PS/c1-13(2)34-20(32)14(3)29-37(38,36-15-8-6-5-7-9-15)33-11-17-18(31)23(4,24)21(35-17)30-12-27-16-10-26-22(25)28-19(16)30/h5-10,12-14,17-18,21,31H,11H2,1-4H3,(H,29,38)(H2,25,26,28)/t14?,17-,18-,21?,23-,37-/m1/s1. The molecule has 2 aromatic heterocycles. The molecule has 6 atom stereocenters. The number of carbonyl (C=O) groups excluding carboxylic acids is 1. The van der Waals surface area contributed by atoms with Gasteiger partial charge in [-0.15, -0.1) is 0 Å². The van der Waals surface area contributed by atoms with E-state index in [2.05, 4.69) is 20.0 Å². The van der Waals surface area contributed by atoms with Gasteiger partial charge < -0.3 is 29.4 Å². The van der Waals surface area contributed by atoms with Crippen LogP contribution in [0.25, 0.3) is 11.2 Å². The van der Waals surface area contributed by atoms with E-state index in [9.17, 15) is 9.90 Å². The zero-order valence-corrected chi connectivity index (χ0v) is 22.9. The molecule has 15 heteroatoms. The van der Waals surface area contributed by atoms with Gasteiger partial charge in [0, 0.05) is 0 Å². The molecule has 0 amide bonds. The van der Waals surface area contributed by atoms with E-state index in [-0.39, 0.29) is 24.3 Å². The van der Waals surface area contributed by atoms with Crippen LogP contribution < -0.4 is 15.3 Å². The number of nitrogens with one attached hydrogen (secondary N) is 1. The molecule has 0 spiro atoms. The van der Waals surface area contributed by atoms with Crippen molar-refractivity contribution >= 4 is 41.5 Å². The Hall–Kier alpha value is -2.74. The van der Waals surface area contributed by atoms with Crippen LogP contribution in [0.2, 0.25) is 0 Å². The maximum atomic E-state index is 15.8. The molecule has 12 nitrogen and oxygen atoms in total. The van der Waals surface area contributed by atoms with Crippen molar-refractivity contribution < 1.29 is 32.8 Å². The van der Waals surface area contributed by atoms with Crippen LogP contribution in [-0.4, -0.2) is 67.2 Å². The number of nitrogens with two attached hydrogens (primary N) is 1. The highest BCUT2D eigenvalue weighted by Gasteiger charge is 2.55. The Morgan fingerprint density at radius 1 is 1.34 bits per heavy atom. The number of anilines is 1. The lowest BCUT2D eigenvalue weighted by Crippen LogP contribution is -2.41. The van der Waals surface area contributed by atoms with Gasteiger partial charge in [0.25, 0.3) is 0 Å². The number of benzene rings is 1. The van der Waals surface area contributed by atoms with Crippen molar-refractivity contribution in [1.82, 2.24) is 24.6 Å². The number of hydrogen-bond donors (Lipinski definition) is 3. The van der Waals surface area contributed by atoms with Crippen LogP contribution in [0.1, 0.15) is 33.9 Å². The Balaban J connectivity index is 1.54. The van der Waals surface area contributed by atoms with Gasteiger partial charge in [-0.2, -0.15) is 4.98 Å². The fraction of sp³-hybridized carbons (Fsp3) is 0.478. The third kappa shape index (κ3) is 6.11. The van der Waals surface area contributed by atoms with Crippen molar-refractivity contribution in [2.75, 3.05) is 12.3 Å². The average Bonchev–Trinajstić information content (AvgIpc) is 3.35. The molecule has 1 aliphatic heterocycles. The Labute approximate surface area is 223 Å². The molecule has 1 aliphatic rings. The first-order valence-electron chi connectivity index (χ1n) is 11.8. The molecule has 4 rings (SSSR count). The number of alkyl halides is 1. The fourth-order valence-corrected chi connectivity index (χ4v) is 6.29. The Bertz CT molecular complexity index is 1330. The summed E-state index contributed by atoms with van der Waals surface area (Å²) in [6.45, 7) is 2.45. The number of nitrogens with zero attached hydrogens (tertiary/aromatic N) is 4. The number of hydrogen-bond acceptors (Lipinski definition) is 11. The number of aliphatic hydroxyl groups excluding tert-OH is 1. The van der Waals surface area contributed by atoms with E-state index < -0.39 is 42.8 Å². The molecule has 38 heavy (non-hydrogen) atoms. The van der Waals surface area contributed by atoms with Crippen LogP contribution in [0.4, 0.5) is 10.3 Å². The van der Waals surface area contributed by atoms with Gasteiger partial charge in [-0.05, 0) is 51.6 Å². The van der Waals surface area contributed by atoms with E-state index in [1.807, 2.05) is 0 Å².